The minimum absolute atomic E-state index is 0.825. The lowest BCUT2D eigenvalue weighted by atomic mass is 10.1. The Bertz CT molecular complexity index is 278. The Labute approximate surface area is 85.3 Å². The highest BCUT2D eigenvalue weighted by molar-refractivity contribution is 5.23. The van der Waals surface area contributed by atoms with E-state index in [4.69, 9.17) is 0 Å². The number of nitrogens with one attached hydrogen (secondary N) is 2. The van der Waals surface area contributed by atoms with E-state index in [0.29, 0.717) is 0 Å². The van der Waals surface area contributed by atoms with E-state index >= 15 is 0 Å². The third-order valence-corrected chi connectivity index (χ3v) is 1.89. The summed E-state index contributed by atoms with van der Waals surface area (Å²) in [6.45, 7) is 8.87. The molecule has 0 atom stereocenters. The van der Waals surface area contributed by atoms with Crippen LogP contribution < -0.4 is 10.6 Å². The summed E-state index contributed by atoms with van der Waals surface area (Å²) in [6.07, 6.45) is 3.41. The molecule has 0 bridgehead atoms. The second-order valence-electron chi connectivity index (χ2n) is 2.99. The smallest absolute Gasteiger partial charge is 0.0395 e. The zero-order valence-corrected chi connectivity index (χ0v) is 8.29. The largest absolute Gasteiger partial charge is 0.387 e. The molecule has 0 heterocycles. The predicted octanol–water partition coefficient (Wildman–Crippen LogP) is 2.15. The Morgan fingerprint density at radius 1 is 1.00 bits per heavy atom. The van der Waals surface area contributed by atoms with Gasteiger partial charge in [-0.25, -0.2) is 0 Å². The first-order chi connectivity index (χ1) is 6.86. The third kappa shape index (κ3) is 3.35. The van der Waals surface area contributed by atoms with Gasteiger partial charge in [-0.15, -0.1) is 0 Å². The molecule has 2 heteroatoms. The van der Waals surface area contributed by atoms with Gasteiger partial charge in [-0.3, -0.25) is 0 Å². The van der Waals surface area contributed by atoms with Crippen LogP contribution in [-0.2, 0) is 13.1 Å². The van der Waals surface area contributed by atoms with Crippen LogP contribution in [0.1, 0.15) is 11.1 Å². The fourth-order valence-corrected chi connectivity index (χ4v) is 1.23. The lowest BCUT2D eigenvalue weighted by Gasteiger charge is -2.05. The van der Waals surface area contributed by atoms with Crippen molar-refractivity contribution in [3.05, 3.63) is 61.0 Å². The molecule has 1 aromatic carbocycles. The fourth-order valence-electron chi connectivity index (χ4n) is 1.23. The van der Waals surface area contributed by atoms with Crippen LogP contribution in [0, 0.1) is 0 Å². The molecule has 0 radical (unpaired) electrons. The van der Waals surface area contributed by atoms with E-state index in [1.807, 2.05) is 0 Å². The van der Waals surface area contributed by atoms with E-state index in [9.17, 15) is 0 Å². The number of hydrogen-bond acceptors (Lipinski definition) is 2. The van der Waals surface area contributed by atoms with Gasteiger partial charge in [0.05, 0.1) is 0 Å². The normalized spacial score (nSPS) is 9.14. The molecule has 0 fully saturated rings. The van der Waals surface area contributed by atoms with Gasteiger partial charge in [0.1, 0.15) is 0 Å². The molecule has 2 nitrogen and oxygen atoms in total. The second-order valence-corrected chi connectivity index (χ2v) is 2.99. The van der Waals surface area contributed by atoms with Gasteiger partial charge in [0, 0.05) is 13.1 Å². The molecule has 74 valence electrons. The van der Waals surface area contributed by atoms with Crippen molar-refractivity contribution in [1.29, 1.82) is 0 Å². The minimum atomic E-state index is 0.825. The zero-order chi connectivity index (χ0) is 10.2. The van der Waals surface area contributed by atoms with Gasteiger partial charge >= 0.3 is 0 Å². The molecule has 0 aliphatic heterocycles. The van der Waals surface area contributed by atoms with Crippen LogP contribution in [0.25, 0.3) is 0 Å². The van der Waals surface area contributed by atoms with Crippen LogP contribution in [0.15, 0.2) is 49.8 Å². The van der Waals surface area contributed by atoms with Crippen LogP contribution in [-0.4, -0.2) is 0 Å². The second kappa shape index (κ2) is 5.86. The van der Waals surface area contributed by atoms with Gasteiger partial charge in [0.2, 0.25) is 0 Å². The monoisotopic (exact) mass is 188 g/mol. The minimum Gasteiger partial charge on any atom is -0.387 e. The molecule has 14 heavy (non-hydrogen) atoms. The highest BCUT2D eigenvalue weighted by Crippen LogP contribution is 2.04. The van der Waals surface area contributed by atoms with Crippen LogP contribution in [0.2, 0.25) is 0 Å². The Hall–Kier alpha value is -1.70. The average Bonchev–Trinajstić information content (AvgIpc) is 2.24. The molecule has 0 spiro atoms. The first-order valence-corrected chi connectivity index (χ1v) is 4.63. The molecule has 1 rings (SSSR count). The Kier molecular flexibility index (Phi) is 4.35. The number of rotatable bonds is 6. The molecule has 0 aliphatic carbocycles. The SMILES string of the molecule is C=CNCc1cccc(CNC=C)c1. The molecule has 0 saturated heterocycles. The van der Waals surface area contributed by atoms with Crippen LogP contribution in [0.5, 0.6) is 0 Å². The molecule has 2 N–H and O–H groups in total. The summed E-state index contributed by atoms with van der Waals surface area (Å²) in [5, 5.41) is 6.14. The number of benzene rings is 1. The maximum Gasteiger partial charge on any atom is 0.0395 e. The van der Waals surface area contributed by atoms with E-state index in [-0.39, 0.29) is 0 Å². The molecule has 1 aromatic rings. The Morgan fingerprint density at radius 3 is 1.93 bits per heavy atom. The van der Waals surface area contributed by atoms with Gasteiger partial charge in [-0.2, -0.15) is 0 Å². The summed E-state index contributed by atoms with van der Waals surface area (Å²) >= 11 is 0. The van der Waals surface area contributed by atoms with Crippen molar-refractivity contribution in [2.75, 3.05) is 0 Å². The fraction of sp³-hybridized carbons (Fsp3) is 0.167. The molecular formula is C12H16N2. The molecule has 0 unspecified atom stereocenters. The van der Waals surface area contributed by atoms with E-state index in [0.717, 1.165) is 13.1 Å². The van der Waals surface area contributed by atoms with Crippen LogP contribution >= 0.6 is 0 Å². The van der Waals surface area contributed by atoms with Crippen molar-refractivity contribution in [3.63, 3.8) is 0 Å². The molecule has 0 aromatic heterocycles. The molecule has 0 aliphatic rings. The zero-order valence-electron chi connectivity index (χ0n) is 8.29. The lowest BCUT2D eigenvalue weighted by molar-refractivity contribution is 0.847. The van der Waals surface area contributed by atoms with Crippen molar-refractivity contribution in [1.82, 2.24) is 10.6 Å². The van der Waals surface area contributed by atoms with Crippen molar-refractivity contribution in [2.24, 2.45) is 0 Å². The Morgan fingerprint density at radius 2 is 1.50 bits per heavy atom. The maximum atomic E-state index is 3.61. The first-order valence-electron chi connectivity index (χ1n) is 4.63. The van der Waals surface area contributed by atoms with E-state index in [1.54, 1.807) is 12.4 Å². The summed E-state index contributed by atoms with van der Waals surface area (Å²) in [6, 6.07) is 8.40. The third-order valence-electron chi connectivity index (χ3n) is 1.89. The van der Waals surface area contributed by atoms with Gasteiger partial charge in [0.25, 0.3) is 0 Å². The first kappa shape index (κ1) is 10.4. The predicted molar refractivity (Wildman–Crippen MR) is 60.5 cm³/mol. The van der Waals surface area contributed by atoms with Gasteiger partial charge in [-0.05, 0) is 23.5 Å². The lowest BCUT2D eigenvalue weighted by Crippen LogP contribution is -2.06. The van der Waals surface area contributed by atoms with Crippen LogP contribution in [0.3, 0.4) is 0 Å². The van der Waals surface area contributed by atoms with Gasteiger partial charge in [-0.1, -0.05) is 37.4 Å². The van der Waals surface area contributed by atoms with Gasteiger partial charge in [0.15, 0.2) is 0 Å². The summed E-state index contributed by atoms with van der Waals surface area (Å²) in [5.41, 5.74) is 2.52. The molecular weight excluding hydrogens is 172 g/mol. The van der Waals surface area contributed by atoms with Crippen molar-refractivity contribution in [3.8, 4) is 0 Å². The summed E-state index contributed by atoms with van der Waals surface area (Å²) < 4.78 is 0. The van der Waals surface area contributed by atoms with Crippen molar-refractivity contribution >= 4 is 0 Å². The van der Waals surface area contributed by atoms with Crippen LogP contribution in [0.4, 0.5) is 0 Å². The summed E-state index contributed by atoms with van der Waals surface area (Å²) in [5.74, 6) is 0. The quantitative estimate of drug-likeness (QED) is 0.714. The van der Waals surface area contributed by atoms with Crippen molar-refractivity contribution in [2.45, 2.75) is 13.1 Å². The number of hydrogen-bond donors (Lipinski definition) is 2. The Balaban J connectivity index is 2.58. The van der Waals surface area contributed by atoms with E-state index in [1.165, 1.54) is 11.1 Å². The van der Waals surface area contributed by atoms with E-state index in [2.05, 4.69) is 48.1 Å². The average molecular weight is 188 g/mol. The molecule has 0 saturated carbocycles. The van der Waals surface area contributed by atoms with Crippen molar-refractivity contribution < 1.29 is 0 Å². The van der Waals surface area contributed by atoms with E-state index < -0.39 is 0 Å². The standard InChI is InChI=1S/C12H16N2/c1-3-13-9-11-6-5-7-12(8-11)10-14-4-2/h3-8,13-14H,1-2,9-10H2. The summed E-state index contributed by atoms with van der Waals surface area (Å²) in [4.78, 5) is 0. The summed E-state index contributed by atoms with van der Waals surface area (Å²) in [7, 11) is 0. The highest BCUT2D eigenvalue weighted by Gasteiger charge is 1.93. The highest BCUT2D eigenvalue weighted by atomic mass is 14.8. The van der Waals surface area contributed by atoms with Gasteiger partial charge < -0.3 is 10.6 Å². The maximum absolute atomic E-state index is 3.61. The molecule has 0 amide bonds. The topological polar surface area (TPSA) is 24.1 Å².